The average molecular weight is 423 g/mol. The van der Waals surface area contributed by atoms with Gasteiger partial charge in [-0.25, -0.2) is 13.4 Å². The number of methoxy groups -OCH3 is 2. The molecule has 0 spiro atoms. The monoisotopic (exact) mass is 422 g/mol. The molecule has 0 unspecified atom stereocenters. The van der Waals surface area contributed by atoms with E-state index >= 15 is 0 Å². The summed E-state index contributed by atoms with van der Waals surface area (Å²) < 4.78 is 40.5. The summed E-state index contributed by atoms with van der Waals surface area (Å²) in [5.74, 6) is 2.28. The smallest absolute Gasteiger partial charge is 0.246 e. The number of rotatable bonds is 8. The second-order valence-corrected chi connectivity index (χ2v) is 9.30. The van der Waals surface area contributed by atoms with Crippen LogP contribution in [-0.4, -0.2) is 74.1 Å². The lowest BCUT2D eigenvalue weighted by Crippen LogP contribution is -2.49. The molecule has 29 heavy (non-hydrogen) atoms. The van der Waals surface area contributed by atoms with Gasteiger partial charge in [-0.05, 0) is 12.1 Å². The van der Waals surface area contributed by atoms with E-state index in [-0.39, 0.29) is 4.90 Å². The van der Waals surface area contributed by atoms with Gasteiger partial charge < -0.3 is 14.0 Å². The molecule has 1 aromatic carbocycles. The van der Waals surface area contributed by atoms with Gasteiger partial charge in [-0.3, -0.25) is 4.90 Å². The third-order valence-electron chi connectivity index (χ3n) is 5.24. The Kier molecular flexibility index (Phi) is 6.81. The van der Waals surface area contributed by atoms with Crippen LogP contribution in [0.1, 0.15) is 25.6 Å². The minimum absolute atomic E-state index is 0.146. The molecule has 1 aromatic heterocycles. The molecule has 0 radical (unpaired) electrons. The van der Waals surface area contributed by atoms with Crippen molar-refractivity contribution in [2.45, 2.75) is 31.2 Å². The van der Waals surface area contributed by atoms with Gasteiger partial charge in [0.2, 0.25) is 10.0 Å². The number of hydrogen-bond acceptors (Lipinski definition) is 6. The van der Waals surface area contributed by atoms with Crippen LogP contribution < -0.4 is 9.47 Å². The Labute approximate surface area is 173 Å². The fourth-order valence-corrected chi connectivity index (χ4v) is 5.17. The predicted octanol–water partition coefficient (Wildman–Crippen LogP) is 2.03. The number of imidazole rings is 1. The number of sulfonamides is 1. The van der Waals surface area contributed by atoms with Crippen LogP contribution in [0.15, 0.2) is 35.5 Å². The average Bonchev–Trinajstić information content (AvgIpc) is 3.21. The van der Waals surface area contributed by atoms with E-state index in [9.17, 15) is 8.42 Å². The molecule has 2 aromatic rings. The molecule has 1 saturated heterocycles. The Bertz CT molecular complexity index is 918. The van der Waals surface area contributed by atoms with E-state index in [1.165, 1.54) is 24.6 Å². The second kappa shape index (κ2) is 9.15. The van der Waals surface area contributed by atoms with Crippen LogP contribution in [0.5, 0.6) is 11.5 Å². The van der Waals surface area contributed by atoms with Crippen LogP contribution in [0.25, 0.3) is 0 Å². The number of hydrogen-bond donors (Lipinski definition) is 0. The van der Waals surface area contributed by atoms with Gasteiger partial charge in [0.05, 0.1) is 14.2 Å². The predicted molar refractivity (Wildman–Crippen MR) is 111 cm³/mol. The van der Waals surface area contributed by atoms with Gasteiger partial charge >= 0.3 is 0 Å². The van der Waals surface area contributed by atoms with Gasteiger partial charge in [0.25, 0.3) is 0 Å². The molecule has 0 N–H and O–H groups in total. The third-order valence-corrected chi connectivity index (χ3v) is 7.16. The molecule has 0 bridgehead atoms. The molecule has 1 fully saturated rings. The van der Waals surface area contributed by atoms with Crippen molar-refractivity contribution < 1.29 is 17.9 Å². The topological polar surface area (TPSA) is 76.9 Å². The number of ether oxygens (including phenoxy) is 2. The van der Waals surface area contributed by atoms with Gasteiger partial charge in [-0.2, -0.15) is 4.31 Å². The SMILES string of the molecule is COc1ccc(OC)c(S(=O)(=O)N2CCN(CCn3ccnc3C(C)C)CC2)c1. The van der Waals surface area contributed by atoms with E-state index in [0.717, 1.165) is 18.9 Å². The highest BCUT2D eigenvalue weighted by Gasteiger charge is 2.31. The second-order valence-electron chi connectivity index (χ2n) is 7.40. The van der Waals surface area contributed by atoms with E-state index < -0.39 is 10.0 Å². The summed E-state index contributed by atoms with van der Waals surface area (Å²) in [7, 11) is -0.662. The van der Waals surface area contributed by atoms with Gasteiger partial charge in [0.1, 0.15) is 22.2 Å². The number of aromatic nitrogens is 2. The highest BCUT2D eigenvalue weighted by Crippen LogP contribution is 2.31. The van der Waals surface area contributed by atoms with Crippen LogP contribution in [0, 0.1) is 0 Å². The Morgan fingerprint density at radius 2 is 1.79 bits per heavy atom. The Balaban J connectivity index is 1.63. The van der Waals surface area contributed by atoms with Gasteiger partial charge in [-0.1, -0.05) is 13.8 Å². The summed E-state index contributed by atoms with van der Waals surface area (Å²) in [4.78, 5) is 6.86. The molecule has 1 aliphatic heterocycles. The van der Waals surface area contributed by atoms with Crippen molar-refractivity contribution in [3.05, 3.63) is 36.4 Å². The van der Waals surface area contributed by atoms with Gasteiger partial charge in [0, 0.05) is 63.6 Å². The highest BCUT2D eigenvalue weighted by atomic mass is 32.2. The van der Waals surface area contributed by atoms with Crippen molar-refractivity contribution in [2.24, 2.45) is 0 Å². The quantitative estimate of drug-likeness (QED) is 0.648. The maximum atomic E-state index is 13.2. The van der Waals surface area contributed by atoms with Crippen LogP contribution >= 0.6 is 0 Å². The van der Waals surface area contributed by atoms with Crippen LogP contribution in [0.4, 0.5) is 0 Å². The van der Waals surface area contributed by atoms with Gasteiger partial charge in [-0.15, -0.1) is 0 Å². The molecule has 0 saturated carbocycles. The van der Waals surface area contributed by atoms with Crippen molar-refractivity contribution in [2.75, 3.05) is 46.9 Å². The normalized spacial score (nSPS) is 16.3. The summed E-state index contributed by atoms with van der Waals surface area (Å²) in [5, 5.41) is 0. The van der Waals surface area contributed by atoms with Crippen molar-refractivity contribution in [1.82, 2.24) is 18.8 Å². The highest BCUT2D eigenvalue weighted by molar-refractivity contribution is 7.89. The first-order valence-corrected chi connectivity index (χ1v) is 11.3. The molecular weight excluding hydrogens is 392 g/mol. The largest absolute Gasteiger partial charge is 0.497 e. The first-order valence-electron chi connectivity index (χ1n) is 9.82. The number of benzene rings is 1. The molecule has 160 valence electrons. The van der Waals surface area contributed by atoms with Crippen LogP contribution in [0.2, 0.25) is 0 Å². The van der Waals surface area contributed by atoms with Crippen molar-refractivity contribution in [1.29, 1.82) is 0 Å². The number of piperazine rings is 1. The van der Waals surface area contributed by atoms with E-state index in [1.54, 1.807) is 12.1 Å². The fraction of sp³-hybridized carbons (Fsp3) is 0.550. The molecule has 2 heterocycles. The Morgan fingerprint density at radius 3 is 2.41 bits per heavy atom. The maximum absolute atomic E-state index is 13.2. The maximum Gasteiger partial charge on any atom is 0.246 e. The van der Waals surface area contributed by atoms with Crippen molar-refractivity contribution in [3.8, 4) is 11.5 Å². The minimum atomic E-state index is -3.65. The Morgan fingerprint density at radius 1 is 1.07 bits per heavy atom. The molecule has 0 aliphatic carbocycles. The summed E-state index contributed by atoms with van der Waals surface area (Å²) in [6.45, 7) is 8.27. The molecule has 3 rings (SSSR count). The zero-order valence-electron chi connectivity index (χ0n) is 17.5. The zero-order valence-corrected chi connectivity index (χ0v) is 18.4. The first kappa shape index (κ1) is 21.6. The standard InChI is InChI=1S/C20H30N4O4S/c1-16(2)20-21-7-8-23(20)12-9-22-10-13-24(14-11-22)29(25,26)19-15-17(27-3)5-6-18(19)28-4/h5-8,15-16H,9-14H2,1-4H3. The lowest BCUT2D eigenvalue weighted by Gasteiger charge is -2.34. The lowest BCUT2D eigenvalue weighted by molar-refractivity contribution is 0.182. The molecule has 0 atom stereocenters. The van der Waals surface area contributed by atoms with Crippen molar-refractivity contribution in [3.63, 3.8) is 0 Å². The van der Waals surface area contributed by atoms with Crippen LogP contribution in [-0.2, 0) is 16.6 Å². The van der Waals surface area contributed by atoms with E-state index in [2.05, 4.69) is 28.3 Å². The van der Waals surface area contributed by atoms with Crippen molar-refractivity contribution >= 4 is 10.0 Å². The molecule has 8 nitrogen and oxygen atoms in total. The van der Waals surface area contributed by atoms with E-state index in [4.69, 9.17) is 9.47 Å². The summed E-state index contributed by atoms with van der Waals surface area (Å²) in [5.41, 5.74) is 0. The summed E-state index contributed by atoms with van der Waals surface area (Å²) in [6.07, 6.45) is 3.84. The van der Waals surface area contributed by atoms with Gasteiger partial charge in [0.15, 0.2) is 0 Å². The summed E-state index contributed by atoms with van der Waals surface area (Å²) in [6, 6.07) is 4.84. The number of nitrogens with zero attached hydrogens (tertiary/aromatic N) is 4. The van der Waals surface area contributed by atoms with E-state index in [1.807, 2.05) is 12.4 Å². The van der Waals surface area contributed by atoms with Crippen LogP contribution in [0.3, 0.4) is 0 Å². The zero-order chi connectivity index (χ0) is 21.0. The Hall–Kier alpha value is -2.10. The molecule has 1 aliphatic rings. The first-order chi connectivity index (χ1) is 13.9. The molecule has 9 heteroatoms. The van der Waals surface area contributed by atoms with E-state index in [0.29, 0.717) is 43.6 Å². The molecule has 0 amide bonds. The summed E-state index contributed by atoms with van der Waals surface area (Å²) >= 11 is 0. The fourth-order valence-electron chi connectivity index (χ4n) is 3.58. The molecular formula is C20H30N4O4S. The lowest BCUT2D eigenvalue weighted by atomic mass is 10.2. The minimum Gasteiger partial charge on any atom is -0.497 e. The third kappa shape index (κ3) is 4.73.